The lowest BCUT2D eigenvalue weighted by molar-refractivity contribution is 0.337. The molecule has 1 fully saturated rings. The van der Waals surface area contributed by atoms with Crippen molar-refractivity contribution in [1.82, 2.24) is 14.9 Å². The summed E-state index contributed by atoms with van der Waals surface area (Å²) in [6, 6.07) is 3.73. The minimum Gasteiger partial charge on any atom is -0.493 e. The maximum absolute atomic E-state index is 5.38. The second-order valence-corrected chi connectivity index (χ2v) is 6.48. The Morgan fingerprint density at radius 1 is 0.962 bits per heavy atom. The summed E-state index contributed by atoms with van der Waals surface area (Å²) in [4.78, 5) is 12.0. The maximum atomic E-state index is 5.38. The SMILES string of the molecule is CCNc1nc2cc(OC)c(OC)cc2nc1NCCCN1CCCC1. The third kappa shape index (κ3) is 4.27. The molecule has 142 valence electrons. The molecular formula is C19H29N5O2. The summed E-state index contributed by atoms with van der Waals surface area (Å²) in [5.74, 6) is 2.87. The highest BCUT2D eigenvalue weighted by Crippen LogP contribution is 2.32. The summed E-state index contributed by atoms with van der Waals surface area (Å²) >= 11 is 0. The molecule has 0 saturated carbocycles. The molecule has 0 amide bonds. The molecule has 1 aromatic carbocycles. The Morgan fingerprint density at radius 2 is 1.54 bits per heavy atom. The van der Waals surface area contributed by atoms with E-state index in [1.807, 2.05) is 12.1 Å². The van der Waals surface area contributed by atoms with E-state index in [1.165, 1.54) is 25.9 Å². The highest BCUT2D eigenvalue weighted by atomic mass is 16.5. The van der Waals surface area contributed by atoms with Gasteiger partial charge >= 0.3 is 0 Å². The van der Waals surface area contributed by atoms with Crippen LogP contribution in [0.15, 0.2) is 12.1 Å². The number of hydrogen-bond donors (Lipinski definition) is 2. The number of benzene rings is 1. The summed E-state index contributed by atoms with van der Waals surface area (Å²) in [6.45, 7) is 7.33. The van der Waals surface area contributed by atoms with Crippen LogP contribution in [0.1, 0.15) is 26.2 Å². The van der Waals surface area contributed by atoms with Crippen LogP contribution in [0.2, 0.25) is 0 Å². The van der Waals surface area contributed by atoms with E-state index < -0.39 is 0 Å². The quantitative estimate of drug-likeness (QED) is 0.667. The average Bonchev–Trinajstić information content (AvgIpc) is 3.18. The third-order valence-corrected chi connectivity index (χ3v) is 4.66. The van der Waals surface area contributed by atoms with Crippen molar-refractivity contribution in [2.45, 2.75) is 26.2 Å². The predicted molar refractivity (Wildman–Crippen MR) is 106 cm³/mol. The lowest BCUT2D eigenvalue weighted by Crippen LogP contribution is -2.22. The molecule has 1 aliphatic rings. The molecule has 3 rings (SSSR count). The molecule has 2 N–H and O–H groups in total. The number of nitrogens with one attached hydrogen (secondary N) is 2. The van der Waals surface area contributed by atoms with E-state index in [2.05, 4.69) is 22.5 Å². The van der Waals surface area contributed by atoms with Crippen LogP contribution < -0.4 is 20.1 Å². The molecule has 26 heavy (non-hydrogen) atoms. The van der Waals surface area contributed by atoms with Crippen LogP contribution in [0.5, 0.6) is 11.5 Å². The summed E-state index contributed by atoms with van der Waals surface area (Å²) in [5, 5.41) is 6.74. The molecule has 0 aliphatic carbocycles. The first-order chi connectivity index (χ1) is 12.7. The van der Waals surface area contributed by atoms with Crippen LogP contribution in [-0.4, -0.2) is 61.8 Å². The van der Waals surface area contributed by atoms with Crippen LogP contribution in [0.25, 0.3) is 11.0 Å². The standard InChI is InChI=1S/C19H29N5O2/c1-4-20-18-19(21-8-7-11-24-9-5-6-10-24)23-15-13-17(26-3)16(25-2)12-14(15)22-18/h12-13H,4-11H2,1-3H3,(H,20,22)(H,21,23). The number of ether oxygens (including phenoxy) is 2. The van der Waals surface area contributed by atoms with Crippen molar-refractivity contribution in [3.05, 3.63) is 12.1 Å². The molecule has 0 unspecified atom stereocenters. The van der Waals surface area contributed by atoms with E-state index in [-0.39, 0.29) is 0 Å². The molecule has 0 bridgehead atoms. The Morgan fingerprint density at radius 3 is 2.08 bits per heavy atom. The fraction of sp³-hybridized carbons (Fsp3) is 0.579. The number of methoxy groups -OCH3 is 2. The fourth-order valence-electron chi connectivity index (χ4n) is 3.31. The maximum Gasteiger partial charge on any atom is 0.169 e. The Balaban J connectivity index is 1.76. The lowest BCUT2D eigenvalue weighted by Gasteiger charge is -2.16. The summed E-state index contributed by atoms with van der Waals surface area (Å²) < 4.78 is 10.8. The van der Waals surface area contributed by atoms with Gasteiger partial charge in [-0.25, -0.2) is 9.97 Å². The first kappa shape index (κ1) is 18.5. The minimum atomic E-state index is 0.656. The van der Waals surface area contributed by atoms with E-state index >= 15 is 0 Å². The van der Waals surface area contributed by atoms with Gasteiger partial charge in [-0.15, -0.1) is 0 Å². The summed E-state index contributed by atoms with van der Waals surface area (Å²) in [6.07, 6.45) is 3.76. The molecule has 0 radical (unpaired) electrons. The molecule has 0 spiro atoms. The molecule has 1 aliphatic heterocycles. The van der Waals surface area contributed by atoms with Crippen molar-refractivity contribution < 1.29 is 9.47 Å². The Kier molecular flexibility index (Phi) is 6.33. The molecule has 2 aromatic rings. The Labute approximate surface area is 155 Å². The van der Waals surface area contributed by atoms with E-state index in [4.69, 9.17) is 19.4 Å². The van der Waals surface area contributed by atoms with Gasteiger partial charge in [-0.05, 0) is 45.8 Å². The Bertz CT molecular complexity index is 731. The van der Waals surface area contributed by atoms with Gasteiger partial charge in [0.15, 0.2) is 23.1 Å². The zero-order valence-corrected chi connectivity index (χ0v) is 16.0. The van der Waals surface area contributed by atoms with Gasteiger partial charge in [0.25, 0.3) is 0 Å². The fourth-order valence-corrected chi connectivity index (χ4v) is 3.31. The number of aromatic nitrogens is 2. The zero-order chi connectivity index (χ0) is 18.4. The number of nitrogens with zero attached hydrogens (tertiary/aromatic N) is 3. The van der Waals surface area contributed by atoms with Gasteiger partial charge in [0.05, 0.1) is 25.3 Å². The number of rotatable bonds is 9. The number of hydrogen-bond acceptors (Lipinski definition) is 7. The minimum absolute atomic E-state index is 0.656. The molecule has 7 heteroatoms. The van der Waals surface area contributed by atoms with Gasteiger partial charge < -0.3 is 25.0 Å². The van der Waals surface area contributed by atoms with Gasteiger partial charge in [0, 0.05) is 25.2 Å². The molecule has 1 saturated heterocycles. The Hall–Kier alpha value is -2.28. The van der Waals surface area contributed by atoms with E-state index in [1.54, 1.807) is 14.2 Å². The van der Waals surface area contributed by atoms with Crippen LogP contribution >= 0.6 is 0 Å². The highest BCUT2D eigenvalue weighted by molar-refractivity contribution is 5.83. The van der Waals surface area contributed by atoms with Crippen molar-refractivity contribution in [3.8, 4) is 11.5 Å². The average molecular weight is 359 g/mol. The lowest BCUT2D eigenvalue weighted by atomic mass is 10.2. The van der Waals surface area contributed by atoms with Gasteiger partial charge in [-0.1, -0.05) is 0 Å². The van der Waals surface area contributed by atoms with Crippen molar-refractivity contribution in [3.63, 3.8) is 0 Å². The first-order valence-corrected chi connectivity index (χ1v) is 9.39. The van der Waals surface area contributed by atoms with Crippen LogP contribution in [-0.2, 0) is 0 Å². The topological polar surface area (TPSA) is 71.5 Å². The van der Waals surface area contributed by atoms with Crippen molar-refractivity contribution in [2.75, 3.05) is 57.6 Å². The van der Waals surface area contributed by atoms with E-state index in [9.17, 15) is 0 Å². The normalized spacial score (nSPS) is 14.6. The first-order valence-electron chi connectivity index (χ1n) is 9.39. The van der Waals surface area contributed by atoms with Crippen LogP contribution in [0.3, 0.4) is 0 Å². The number of anilines is 2. The molecule has 2 heterocycles. The predicted octanol–water partition coefficient (Wildman–Crippen LogP) is 2.98. The van der Waals surface area contributed by atoms with E-state index in [0.29, 0.717) is 11.5 Å². The summed E-state index contributed by atoms with van der Waals surface area (Å²) in [7, 11) is 3.25. The number of likely N-dealkylation sites (tertiary alicyclic amines) is 1. The molecular weight excluding hydrogens is 330 g/mol. The van der Waals surface area contributed by atoms with Gasteiger partial charge in [-0.2, -0.15) is 0 Å². The second-order valence-electron chi connectivity index (χ2n) is 6.48. The van der Waals surface area contributed by atoms with Gasteiger partial charge in [0.2, 0.25) is 0 Å². The van der Waals surface area contributed by atoms with Crippen LogP contribution in [0.4, 0.5) is 11.6 Å². The van der Waals surface area contributed by atoms with E-state index in [0.717, 1.165) is 48.7 Å². The monoisotopic (exact) mass is 359 g/mol. The molecule has 1 aromatic heterocycles. The third-order valence-electron chi connectivity index (χ3n) is 4.66. The highest BCUT2D eigenvalue weighted by Gasteiger charge is 2.13. The van der Waals surface area contributed by atoms with Gasteiger partial charge in [0.1, 0.15) is 0 Å². The smallest absolute Gasteiger partial charge is 0.169 e. The van der Waals surface area contributed by atoms with Crippen molar-refractivity contribution in [1.29, 1.82) is 0 Å². The van der Waals surface area contributed by atoms with Crippen molar-refractivity contribution in [2.24, 2.45) is 0 Å². The largest absolute Gasteiger partial charge is 0.493 e. The van der Waals surface area contributed by atoms with Crippen LogP contribution in [0, 0.1) is 0 Å². The molecule has 0 atom stereocenters. The number of fused-ring (bicyclic) bond motifs is 1. The van der Waals surface area contributed by atoms with Gasteiger partial charge in [-0.3, -0.25) is 0 Å². The zero-order valence-electron chi connectivity index (χ0n) is 16.0. The summed E-state index contributed by atoms with van der Waals surface area (Å²) in [5.41, 5.74) is 1.56. The second kappa shape index (κ2) is 8.89. The molecule has 7 nitrogen and oxygen atoms in total. The van der Waals surface area contributed by atoms with Crippen molar-refractivity contribution >= 4 is 22.7 Å².